The molecule has 0 aromatic heterocycles. The zero-order valence-electron chi connectivity index (χ0n) is 17.7. The zero-order chi connectivity index (χ0) is 23.5. The second kappa shape index (κ2) is 9.81. The molecular formula is C22H24ClN3O5S. The first kappa shape index (κ1) is 23.9. The van der Waals surface area contributed by atoms with Gasteiger partial charge in [-0.1, -0.05) is 23.7 Å². The highest BCUT2D eigenvalue weighted by molar-refractivity contribution is 7.89. The first-order chi connectivity index (χ1) is 15.1. The van der Waals surface area contributed by atoms with Gasteiger partial charge in [0.2, 0.25) is 21.8 Å². The number of benzene rings is 2. The monoisotopic (exact) mass is 477 g/mol. The number of Topliss-reactive ketones (excluding diaryl/α,β-unsaturated/α-hetero) is 1. The Morgan fingerprint density at radius 2 is 1.59 bits per heavy atom. The Morgan fingerprint density at radius 1 is 0.969 bits per heavy atom. The van der Waals surface area contributed by atoms with Gasteiger partial charge in [-0.05, 0) is 50.1 Å². The first-order valence-corrected chi connectivity index (χ1v) is 11.9. The molecular weight excluding hydrogens is 454 g/mol. The predicted molar refractivity (Wildman–Crippen MR) is 122 cm³/mol. The number of halogens is 1. The molecule has 1 saturated heterocycles. The molecule has 0 unspecified atom stereocenters. The van der Waals surface area contributed by atoms with E-state index in [0.717, 1.165) is 0 Å². The van der Waals surface area contributed by atoms with Crippen LogP contribution in [0.1, 0.15) is 37.0 Å². The summed E-state index contributed by atoms with van der Waals surface area (Å²) in [7, 11) is -3.70. The number of carbonyl (C=O) groups is 3. The molecule has 10 heteroatoms. The Labute approximate surface area is 192 Å². The standard InChI is InChI=1S/C22H24ClN3O5S/c1-14(27)16-3-6-19(7-4-16)32(30,31)26-11-9-17(10-12-26)22(29)25-21-8-5-18(13-20(21)23)24-15(2)28/h3-8,13,17H,9-12H2,1-2H3,(H,24,28)(H,25,29). The van der Waals surface area contributed by atoms with E-state index >= 15 is 0 Å². The highest BCUT2D eigenvalue weighted by Crippen LogP contribution is 2.28. The van der Waals surface area contributed by atoms with Crippen molar-refractivity contribution >= 4 is 50.6 Å². The number of sulfonamides is 1. The van der Waals surface area contributed by atoms with E-state index < -0.39 is 10.0 Å². The van der Waals surface area contributed by atoms with Crippen molar-refractivity contribution in [2.75, 3.05) is 23.7 Å². The van der Waals surface area contributed by atoms with Gasteiger partial charge in [-0.25, -0.2) is 8.42 Å². The van der Waals surface area contributed by atoms with E-state index in [1.807, 2.05) is 0 Å². The summed E-state index contributed by atoms with van der Waals surface area (Å²) in [5.74, 6) is -0.949. The maximum Gasteiger partial charge on any atom is 0.243 e. The minimum Gasteiger partial charge on any atom is -0.326 e. The van der Waals surface area contributed by atoms with Crippen molar-refractivity contribution in [1.29, 1.82) is 0 Å². The van der Waals surface area contributed by atoms with Crippen molar-refractivity contribution in [3.05, 3.63) is 53.1 Å². The third-order valence-corrected chi connectivity index (χ3v) is 7.50. The molecule has 170 valence electrons. The molecule has 0 spiro atoms. The molecule has 2 N–H and O–H groups in total. The Kier molecular flexibility index (Phi) is 7.33. The van der Waals surface area contributed by atoms with Crippen molar-refractivity contribution in [1.82, 2.24) is 4.31 Å². The van der Waals surface area contributed by atoms with E-state index in [0.29, 0.717) is 34.8 Å². The largest absolute Gasteiger partial charge is 0.326 e. The van der Waals surface area contributed by atoms with Crippen LogP contribution in [0.2, 0.25) is 5.02 Å². The van der Waals surface area contributed by atoms with Gasteiger partial charge < -0.3 is 10.6 Å². The number of anilines is 2. The van der Waals surface area contributed by atoms with Crippen molar-refractivity contribution in [3.63, 3.8) is 0 Å². The van der Waals surface area contributed by atoms with Crippen LogP contribution in [0.5, 0.6) is 0 Å². The number of piperidine rings is 1. The fraction of sp³-hybridized carbons (Fsp3) is 0.318. The molecule has 1 heterocycles. The minimum absolute atomic E-state index is 0.122. The van der Waals surface area contributed by atoms with Crippen LogP contribution in [-0.2, 0) is 19.6 Å². The lowest BCUT2D eigenvalue weighted by atomic mass is 9.97. The van der Waals surface area contributed by atoms with Gasteiger partial charge in [0.25, 0.3) is 0 Å². The quantitative estimate of drug-likeness (QED) is 0.618. The van der Waals surface area contributed by atoms with E-state index in [4.69, 9.17) is 11.6 Å². The molecule has 8 nitrogen and oxygen atoms in total. The van der Waals surface area contributed by atoms with Gasteiger partial charge in [-0.3, -0.25) is 14.4 Å². The Hall–Kier alpha value is -2.75. The van der Waals surface area contributed by atoms with Crippen molar-refractivity contribution in [2.24, 2.45) is 5.92 Å². The highest BCUT2D eigenvalue weighted by Gasteiger charge is 2.32. The number of nitrogens with zero attached hydrogens (tertiary/aromatic N) is 1. The number of hydrogen-bond acceptors (Lipinski definition) is 5. The molecule has 3 rings (SSSR count). The van der Waals surface area contributed by atoms with Crippen molar-refractivity contribution in [2.45, 2.75) is 31.6 Å². The van der Waals surface area contributed by atoms with Crippen LogP contribution in [-0.4, -0.2) is 43.4 Å². The summed E-state index contributed by atoms with van der Waals surface area (Å²) in [6.07, 6.45) is 0.746. The number of carbonyl (C=O) groups excluding carboxylic acids is 3. The summed E-state index contributed by atoms with van der Waals surface area (Å²) < 4.78 is 27.1. The number of rotatable bonds is 6. The SMILES string of the molecule is CC(=O)Nc1ccc(NC(=O)C2CCN(S(=O)(=O)c3ccc(C(C)=O)cc3)CC2)c(Cl)c1. The van der Waals surface area contributed by atoms with Crippen LogP contribution in [0.15, 0.2) is 47.4 Å². The molecule has 0 aliphatic carbocycles. The van der Waals surface area contributed by atoms with Crippen LogP contribution >= 0.6 is 11.6 Å². The molecule has 0 atom stereocenters. The normalized spacial score (nSPS) is 15.2. The molecule has 2 amide bonds. The molecule has 1 aliphatic heterocycles. The predicted octanol–water partition coefficient (Wildman–Crippen LogP) is 3.54. The number of ketones is 1. The van der Waals surface area contributed by atoms with Gasteiger partial charge in [0.15, 0.2) is 5.78 Å². The second-order valence-corrected chi connectivity index (χ2v) is 9.97. The average Bonchev–Trinajstić information content (AvgIpc) is 2.75. The molecule has 0 bridgehead atoms. The van der Waals surface area contributed by atoms with Gasteiger partial charge in [-0.15, -0.1) is 0 Å². The molecule has 2 aromatic rings. The van der Waals surface area contributed by atoms with Gasteiger partial charge in [0.1, 0.15) is 0 Å². The number of hydrogen-bond donors (Lipinski definition) is 2. The van der Waals surface area contributed by atoms with Crippen LogP contribution in [0.4, 0.5) is 11.4 Å². The number of nitrogens with one attached hydrogen (secondary N) is 2. The Bertz CT molecular complexity index is 1140. The Morgan fingerprint density at radius 3 is 2.12 bits per heavy atom. The maximum absolute atomic E-state index is 12.9. The Balaban J connectivity index is 1.60. The van der Waals surface area contributed by atoms with E-state index in [-0.39, 0.29) is 41.5 Å². The summed E-state index contributed by atoms with van der Waals surface area (Å²) in [4.78, 5) is 35.3. The number of amides is 2. The summed E-state index contributed by atoms with van der Waals surface area (Å²) >= 11 is 6.20. The van der Waals surface area contributed by atoms with Gasteiger partial charge >= 0.3 is 0 Å². The van der Waals surface area contributed by atoms with E-state index in [1.54, 1.807) is 18.2 Å². The fourth-order valence-corrected chi connectivity index (χ4v) is 5.20. The summed E-state index contributed by atoms with van der Waals surface area (Å²) in [5.41, 5.74) is 1.39. The topological polar surface area (TPSA) is 113 Å². The van der Waals surface area contributed by atoms with E-state index in [2.05, 4.69) is 10.6 Å². The first-order valence-electron chi connectivity index (χ1n) is 10.1. The van der Waals surface area contributed by atoms with Gasteiger partial charge in [0, 0.05) is 37.2 Å². The summed E-state index contributed by atoms with van der Waals surface area (Å²) in [6, 6.07) is 10.6. The molecule has 1 fully saturated rings. The lowest BCUT2D eigenvalue weighted by molar-refractivity contribution is -0.121. The summed E-state index contributed by atoms with van der Waals surface area (Å²) in [5, 5.41) is 5.68. The summed E-state index contributed by atoms with van der Waals surface area (Å²) in [6.45, 7) is 3.23. The fourth-order valence-electron chi connectivity index (χ4n) is 3.50. The van der Waals surface area contributed by atoms with Crippen LogP contribution in [0, 0.1) is 5.92 Å². The van der Waals surface area contributed by atoms with E-state index in [9.17, 15) is 22.8 Å². The van der Waals surface area contributed by atoms with Crippen LogP contribution in [0.3, 0.4) is 0 Å². The average molecular weight is 478 g/mol. The lowest BCUT2D eigenvalue weighted by Gasteiger charge is -2.30. The molecule has 2 aromatic carbocycles. The third kappa shape index (κ3) is 5.53. The lowest BCUT2D eigenvalue weighted by Crippen LogP contribution is -2.41. The minimum atomic E-state index is -3.70. The zero-order valence-corrected chi connectivity index (χ0v) is 19.3. The molecule has 1 aliphatic rings. The van der Waals surface area contributed by atoms with E-state index in [1.165, 1.54) is 42.4 Å². The van der Waals surface area contributed by atoms with Crippen molar-refractivity contribution in [3.8, 4) is 0 Å². The third-order valence-electron chi connectivity index (χ3n) is 5.27. The second-order valence-electron chi connectivity index (χ2n) is 7.62. The maximum atomic E-state index is 12.9. The molecule has 0 radical (unpaired) electrons. The smallest absolute Gasteiger partial charge is 0.243 e. The van der Waals surface area contributed by atoms with Crippen LogP contribution < -0.4 is 10.6 Å². The van der Waals surface area contributed by atoms with Crippen LogP contribution in [0.25, 0.3) is 0 Å². The van der Waals surface area contributed by atoms with Gasteiger partial charge in [0.05, 0.1) is 15.6 Å². The molecule has 0 saturated carbocycles. The van der Waals surface area contributed by atoms with Gasteiger partial charge in [-0.2, -0.15) is 4.31 Å². The van der Waals surface area contributed by atoms with Crippen molar-refractivity contribution < 1.29 is 22.8 Å². The highest BCUT2D eigenvalue weighted by atomic mass is 35.5. The molecule has 32 heavy (non-hydrogen) atoms.